The van der Waals surface area contributed by atoms with Crippen LogP contribution in [0.5, 0.6) is 0 Å². The Morgan fingerprint density at radius 3 is 1.97 bits per heavy atom. The third-order valence-corrected chi connectivity index (χ3v) is 6.17. The minimum Gasteiger partial charge on any atom is -0.349 e. The summed E-state index contributed by atoms with van der Waals surface area (Å²) in [4.78, 5) is 27.4. The zero-order valence-corrected chi connectivity index (χ0v) is 18.9. The molecule has 1 atom stereocenters. The summed E-state index contributed by atoms with van der Waals surface area (Å²) < 4.78 is 13.1. The van der Waals surface area contributed by atoms with E-state index in [2.05, 4.69) is 57.3 Å². The predicted octanol–water partition coefficient (Wildman–Crippen LogP) is 5.31. The molecule has 0 saturated carbocycles. The highest BCUT2D eigenvalue weighted by atomic mass is 19.1. The molecule has 0 aromatic heterocycles. The first-order chi connectivity index (χ1) is 14.8. The van der Waals surface area contributed by atoms with E-state index in [0.29, 0.717) is 37.4 Å². The predicted molar refractivity (Wildman–Crippen MR) is 121 cm³/mol. The topological polar surface area (TPSA) is 49.4 Å². The zero-order valence-electron chi connectivity index (χ0n) is 18.9. The van der Waals surface area contributed by atoms with Crippen LogP contribution in [0.3, 0.4) is 0 Å². The number of carbonyl (C=O) groups is 2. The molecule has 31 heavy (non-hydrogen) atoms. The van der Waals surface area contributed by atoms with Crippen LogP contribution in [0.2, 0.25) is 0 Å². The molecule has 0 aliphatic carbocycles. The second kappa shape index (κ2) is 10.1. The second-order valence-electron chi connectivity index (χ2n) is 9.13. The van der Waals surface area contributed by atoms with Gasteiger partial charge in [0.05, 0.1) is 6.04 Å². The average molecular weight is 425 g/mol. The van der Waals surface area contributed by atoms with Crippen molar-refractivity contribution < 1.29 is 14.0 Å². The molecule has 1 N–H and O–H groups in total. The van der Waals surface area contributed by atoms with E-state index in [1.54, 1.807) is 4.90 Å². The number of piperidine rings is 1. The van der Waals surface area contributed by atoms with Gasteiger partial charge in [-0.15, -0.1) is 0 Å². The van der Waals surface area contributed by atoms with Gasteiger partial charge in [0.25, 0.3) is 5.91 Å². The number of halogens is 1. The molecule has 1 unspecified atom stereocenters. The fraction of sp³-hybridized carbons (Fsp3) is 0.462. The quantitative estimate of drug-likeness (QED) is 0.683. The maximum atomic E-state index is 13.1. The number of likely N-dealkylation sites (tertiary alicyclic amines) is 1. The van der Waals surface area contributed by atoms with Crippen LogP contribution >= 0.6 is 0 Å². The highest BCUT2D eigenvalue weighted by molar-refractivity contribution is 5.94. The molecule has 166 valence electrons. The smallest absolute Gasteiger partial charge is 0.253 e. The molecule has 2 amide bonds. The van der Waals surface area contributed by atoms with E-state index < -0.39 is 0 Å². The van der Waals surface area contributed by atoms with Gasteiger partial charge >= 0.3 is 0 Å². The van der Waals surface area contributed by atoms with E-state index in [1.807, 2.05) is 0 Å². The molecule has 2 aromatic rings. The molecule has 4 nitrogen and oxygen atoms in total. The van der Waals surface area contributed by atoms with Crippen molar-refractivity contribution in [3.05, 3.63) is 71.0 Å². The van der Waals surface area contributed by atoms with E-state index >= 15 is 0 Å². The molecule has 0 bridgehead atoms. The Labute approximate surface area is 184 Å². The fourth-order valence-electron chi connectivity index (χ4n) is 4.11. The Bertz CT molecular complexity index is 883. The Kier molecular flexibility index (Phi) is 7.47. The van der Waals surface area contributed by atoms with Gasteiger partial charge in [-0.2, -0.15) is 0 Å². The van der Waals surface area contributed by atoms with Crippen LogP contribution in [0.4, 0.5) is 4.39 Å². The average Bonchev–Trinajstić information content (AvgIpc) is 2.77. The maximum absolute atomic E-state index is 13.1. The van der Waals surface area contributed by atoms with Crippen LogP contribution in [-0.4, -0.2) is 29.8 Å². The van der Waals surface area contributed by atoms with E-state index in [9.17, 15) is 14.0 Å². The number of hydrogen-bond acceptors (Lipinski definition) is 2. The van der Waals surface area contributed by atoms with Gasteiger partial charge in [0.15, 0.2) is 0 Å². The summed E-state index contributed by atoms with van der Waals surface area (Å²) in [6.45, 7) is 9.64. The lowest BCUT2D eigenvalue weighted by Gasteiger charge is -2.33. The minimum atomic E-state index is -0.356. The zero-order chi connectivity index (χ0) is 22.5. The Balaban J connectivity index is 1.58. The minimum absolute atomic E-state index is 0.0346. The Hall–Kier alpha value is -2.69. The molecule has 1 aliphatic rings. The summed E-state index contributed by atoms with van der Waals surface area (Å²) in [5.74, 6) is 0.238. The van der Waals surface area contributed by atoms with E-state index in [1.165, 1.54) is 29.8 Å². The van der Waals surface area contributed by atoms with Crippen LogP contribution in [-0.2, 0) is 4.79 Å². The summed E-state index contributed by atoms with van der Waals surface area (Å²) >= 11 is 0. The number of carbonyl (C=O) groups excluding carboxylic acids is 2. The molecule has 1 aliphatic heterocycles. The number of benzene rings is 2. The van der Waals surface area contributed by atoms with Crippen LogP contribution in [0.15, 0.2) is 48.5 Å². The van der Waals surface area contributed by atoms with Crippen molar-refractivity contribution in [3.63, 3.8) is 0 Å². The monoisotopic (exact) mass is 424 g/mol. The molecule has 1 saturated heterocycles. The molecule has 1 fully saturated rings. The first kappa shape index (κ1) is 23.0. The molecule has 2 aromatic carbocycles. The van der Waals surface area contributed by atoms with Gasteiger partial charge in [0.2, 0.25) is 5.91 Å². The molecule has 0 spiro atoms. The Morgan fingerprint density at radius 1 is 0.903 bits per heavy atom. The van der Waals surface area contributed by atoms with Gasteiger partial charge in [0, 0.05) is 24.6 Å². The van der Waals surface area contributed by atoms with Crippen molar-refractivity contribution >= 4 is 11.8 Å². The van der Waals surface area contributed by atoms with Crippen molar-refractivity contribution in [1.29, 1.82) is 0 Å². The van der Waals surface area contributed by atoms with Crippen LogP contribution < -0.4 is 5.32 Å². The summed E-state index contributed by atoms with van der Waals surface area (Å²) in [5, 5.41) is 3.25. The van der Waals surface area contributed by atoms with Gasteiger partial charge in [-0.25, -0.2) is 4.39 Å². The number of hydrogen-bond donors (Lipinski definition) is 1. The van der Waals surface area contributed by atoms with Gasteiger partial charge in [-0.3, -0.25) is 9.59 Å². The van der Waals surface area contributed by atoms with Crippen molar-refractivity contribution in [2.45, 2.75) is 52.5 Å². The number of amides is 2. The van der Waals surface area contributed by atoms with Crippen molar-refractivity contribution in [1.82, 2.24) is 10.2 Å². The largest absolute Gasteiger partial charge is 0.349 e. The van der Waals surface area contributed by atoms with Crippen LogP contribution in [0, 0.1) is 17.7 Å². The van der Waals surface area contributed by atoms with Crippen molar-refractivity contribution in [2.75, 3.05) is 13.1 Å². The second-order valence-corrected chi connectivity index (χ2v) is 9.13. The Morgan fingerprint density at radius 2 is 1.45 bits per heavy atom. The van der Waals surface area contributed by atoms with Gasteiger partial charge < -0.3 is 10.2 Å². The summed E-state index contributed by atoms with van der Waals surface area (Å²) in [6.07, 6.45) is 1.27. The molecular formula is C26H33FN2O2. The van der Waals surface area contributed by atoms with E-state index in [4.69, 9.17) is 0 Å². The number of nitrogens with one attached hydrogen (secondary N) is 1. The van der Waals surface area contributed by atoms with Crippen LogP contribution in [0.1, 0.15) is 74.0 Å². The maximum Gasteiger partial charge on any atom is 0.253 e. The first-order valence-electron chi connectivity index (χ1n) is 11.2. The third kappa shape index (κ3) is 5.72. The van der Waals surface area contributed by atoms with E-state index in [-0.39, 0.29) is 35.5 Å². The molecule has 5 heteroatoms. The third-order valence-electron chi connectivity index (χ3n) is 6.17. The molecular weight excluding hydrogens is 391 g/mol. The summed E-state index contributed by atoms with van der Waals surface area (Å²) in [6, 6.07) is 14.1. The number of nitrogens with zero attached hydrogens (tertiary/aromatic N) is 1. The normalized spacial score (nSPS) is 15.9. The summed E-state index contributed by atoms with van der Waals surface area (Å²) in [5.41, 5.74) is 2.89. The van der Waals surface area contributed by atoms with E-state index in [0.717, 1.165) is 5.56 Å². The molecule has 1 heterocycles. The standard InChI is InChI=1S/C26H33FN2O2/c1-17(2)19-5-7-20(8-6-19)24(18(3)4)28-25(30)21-13-15-29(16-14-21)26(31)22-9-11-23(27)12-10-22/h5-12,17-18,21,24H,13-16H2,1-4H3,(H,28,30). The fourth-order valence-corrected chi connectivity index (χ4v) is 4.11. The molecule has 3 rings (SSSR count). The lowest BCUT2D eigenvalue weighted by atomic mass is 9.91. The van der Waals surface area contributed by atoms with Gasteiger partial charge in [-0.1, -0.05) is 52.0 Å². The SMILES string of the molecule is CC(C)c1ccc(C(NC(=O)C2CCN(C(=O)c3ccc(F)cc3)CC2)C(C)C)cc1. The van der Waals surface area contributed by atoms with Crippen molar-refractivity contribution in [2.24, 2.45) is 11.8 Å². The van der Waals surface area contributed by atoms with Crippen LogP contribution in [0.25, 0.3) is 0 Å². The molecule has 0 radical (unpaired) electrons. The lowest BCUT2D eigenvalue weighted by molar-refractivity contribution is -0.127. The highest BCUT2D eigenvalue weighted by Gasteiger charge is 2.30. The summed E-state index contributed by atoms with van der Waals surface area (Å²) in [7, 11) is 0. The van der Waals surface area contributed by atoms with Gasteiger partial charge in [0.1, 0.15) is 5.82 Å². The van der Waals surface area contributed by atoms with Gasteiger partial charge in [-0.05, 0) is 60.1 Å². The van der Waals surface area contributed by atoms with Crippen molar-refractivity contribution in [3.8, 4) is 0 Å². The highest BCUT2D eigenvalue weighted by Crippen LogP contribution is 2.26. The number of rotatable bonds is 6. The first-order valence-corrected chi connectivity index (χ1v) is 11.2. The lowest BCUT2D eigenvalue weighted by Crippen LogP contribution is -2.44.